The van der Waals surface area contributed by atoms with E-state index < -0.39 is 22.4 Å². The van der Waals surface area contributed by atoms with E-state index in [0.717, 1.165) is 23.4 Å². The predicted octanol–water partition coefficient (Wildman–Crippen LogP) is 4.92. The summed E-state index contributed by atoms with van der Waals surface area (Å²) in [5, 5.41) is 19.6. The summed E-state index contributed by atoms with van der Waals surface area (Å²) in [6, 6.07) is 12.0. The number of anilines is 1. The molecule has 0 unspecified atom stereocenters. The second-order valence-electron chi connectivity index (χ2n) is 6.58. The topological polar surface area (TPSA) is 85.3 Å². The third-order valence-corrected chi connectivity index (χ3v) is 4.51. The van der Waals surface area contributed by atoms with Crippen LogP contribution in [0.3, 0.4) is 0 Å². The first-order valence-corrected chi connectivity index (χ1v) is 8.89. The smallest absolute Gasteiger partial charge is 0.272 e. The summed E-state index contributed by atoms with van der Waals surface area (Å²) in [6.07, 6.45) is -3.23. The van der Waals surface area contributed by atoms with Crippen LogP contribution in [0.15, 0.2) is 53.6 Å². The van der Waals surface area contributed by atoms with E-state index in [2.05, 4.69) is 15.6 Å². The van der Waals surface area contributed by atoms with Crippen molar-refractivity contribution < 1.29 is 18.1 Å². The Kier molecular flexibility index (Phi) is 5.86. The molecule has 1 N–H and O–H groups in total. The number of benzene rings is 2. The van der Waals surface area contributed by atoms with Gasteiger partial charge in [0.25, 0.3) is 5.69 Å². The Morgan fingerprint density at radius 1 is 1.20 bits per heavy atom. The number of hydrogen-bond donors (Lipinski definition) is 1. The minimum absolute atomic E-state index is 0.142. The summed E-state index contributed by atoms with van der Waals surface area (Å²) in [5.74, 6) is 0. The molecule has 10 heteroatoms. The lowest BCUT2D eigenvalue weighted by Crippen LogP contribution is -2.07. The molecule has 0 radical (unpaired) electrons. The molecule has 0 fully saturated rings. The zero-order valence-electron chi connectivity index (χ0n) is 16.1. The van der Waals surface area contributed by atoms with Gasteiger partial charge in [0.1, 0.15) is 5.69 Å². The Morgan fingerprint density at radius 2 is 1.90 bits per heavy atom. The van der Waals surface area contributed by atoms with Crippen LogP contribution in [-0.2, 0) is 12.7 Å². The van der Waals surface area contributed by atoms with Crippen molar-refractivity contribution in [2.45, 2.75) is 26.6 Å². The molecule has 0 saturated carbocycles. The summed E-state index contributed by atoms with van der Waals surface area (Å²) in [6.45, 7) is 4.24. The summed E-state index contributed by atoms with van der Waals surface area (Å²) < 4.78 is 40.2. The Labute approximate surface area is 170 Å². The van der Waals surface area contributed by atoms with E-state index in [1.54, 1.807) is 6.92 Å². The quantitative estimate of drug-likeness (QED) is 0.350. The molecular formula is C20H18F3N5O2. The molecule has 30 heavy (non-hydrogen) atoms. The van der Waals surface area contributed by atoms with Crippen molar-refractivity contribution in [3.8, 4) is 0 Å². The SMILES string of the molecule is Cc1nn(Cc2ccccc2)c(C)c1/C=N\Nc1ccc(C(F)(F)F)cc1[N+](=O)[O-]. The minimum Gasteiger partial charge on any atom is -0.272 e. The number of rotatable bonds is 6. The molecule has 2 aromatic carbocycles. The second kappa shape index (κ2) is 8.36. The molecule has 3 rings (SSSR count). The summed E-state index contributed by atoms with van der Waals surface area (Å²) >= 11 is 0. The van der Waals surface area contributed by atoms with Gasteiger partial charge in [-0.2, -0.15) is 23.4 Å². The van der Waals surface area contributed by atoms with Gasteiger partial charge in [-0.1, -0.05) is 30.3 Å². The van der Waals surface area contributed by atoms with Crippen molar-refractivity contribution in [3.63, 3.8) is 0 Å². The van der Waals surface area contributed by atoms with Gasteiger partial charge < -0.3 is 0 Å². The van der Waals surface area contributed by atoms with E-state index in [9.17, 15) is 23.3 Å². The maximum Gasteiger partial charge on any atom is 0.416 e. The van der Waals surface area contributed by atoms with E-state index in [1.807, 2.05) is 41.9 Å². The van der Waals surface area contributed by atoms with Crippen LogP contribution in [0.1, 0.15) is 28.1 Å². The van der Waals surface area contributed by atoms with Crippen molar-refractivity contribution in [2.75, 3.05) is 5.43 Å². The summed E-state index contributed by atoms with van der Waals surface area (Å²) in [7, 11) is 0. The van der Waals surface area contributed by atoms with Gasteiger partial charge in [0.15, 0.2) is 0 Å². The molecular weight excluding hydrogens is 399 g/mol. The molecule has 1 aromatic heterocycles. The fourth-order valence-electron chi connectivity index (χ4n) is 2.93. The number of nitrogens with one attached hydrogen (secondary N) is 1. The van der Waals surface area contributed by atoms with Crippen molar-refractivity contribution in [1.29, 1.82) is 0 Å². The van der Waals surface area contributed by atoms with Crippen molar-refractivity contribution >= 4 is 17.6 Å². The standard InChI is InChI=1S/C20H18F3N5O2/c1-13-17(14(2)27(26-13)12-15-6-4-3-5-7-15)11-24-25-18-9-8-16(20(21,22)23)10-19(18)28(29)30/h3-11,25H,12H2,1-2H3/b24-11-. The van der Waals surface area contributed by atoms with Crippen molar-refractivity contribution in [3.05, 3.63) is 86.7 Å². The maximum atomic E-state index is 12.8. The highest BCUT2D eigenvalue weighted by Gasteiger charge is 2.33. The van der Waals surface area contributed by atoms with Gasteiger partial charge in [-0.15, -0.1) is 0 Å². The van der Waals surface area contributed by atoms with E-state index in [1.165, 1.54) is 6.21 Å². The van der Waals surface area contributed by atoms with Crippen LogP contribution in [0.5, 0.6) is 0 Å². The third-order valence-electron chi connectivity index (χ3n) is 4.51. The fraction of sp³-hybridized carbons (Fsp3) is 0.200. The van der Waals surface area contributed by atoms with Crippen LogP contribution in [0.4, 0.5) is 24.5 Å². The van der Waals surface area contributed by atoms with Gasteiger partial charge in [0.2, 0.25) is 0 Å². The van der Waals surface area contributed by atoms with Crippen LogP contribution in [-0.4, -0.2) is 20.9 Å². The molecule has 0 amide bonds. The number of nitro groups is 1. The number of halogens is 3. The lowest BCUT2D eigenvalue weighted by Gasteiger charge is -2.08. The highest BCUT2D eigenvalue weighted by atomic mass is 19.4. The third kappa shape index (κ3) is 4.65. The number of aromatic nitrogens is 2. The van der Waals surface area contributed by atoms with Crippen LogP contribution in [0.2, 0.25) is 0 Å². The van der Waals surface area contributed by atoms with Gasteiger partial charge >= 0.3 is 6.18 Å². The zero-order valence-corrected chi connectivity index (χ0v) is 16.1. The molecule has 156 valence electrons. The van der Waals surface area contributed by atoms with E-state index in [0.29, 0.717) is 23.9 Å². The Hall–Kier alpha value is -3.69. The lowest BCUT2D eigenvalue weighted by molar-refractivity contribution is -0.384. The van der Waals surface area contributed by atoms with Gasteiger partial charge in [-0.25, -0.2) is 0 Å². The molecule has 0 aliphatic heterocycles. The van der Waals surface area contributed by atoms with Crippen LogP contribution in [0, 0.1) is 24.0 Å². The first-order valence-electron chi connectivity index (χ1n) is 8.89. The Balaban J connectivity index is 1.81. The highest BCUT2D eigenvalue weighted by Crippen LogP contribution is 2.34. The average molecular weight is 417 g/mol. The van der Waals surface area contributed by atoms with Gasteiger partial charge in [0, 0.05) is 17.3 Å². The van der Waals surface area contributed by atoms with Crippen LogP contribution < -0.4 is 5.43 Å². The fourth-order valence-corrected chi connectivity index (χ4v) is 2.93. The second-order valence-corrected chi connectivity index (χ2v) is 6.58. The number of hydrogen-bond acceptors (Lipinski definition) is 5. The maximum absolute atomic E-state index is 12.8. The molecule has 0 aliphatic rings. The summed E-state index contributed by atoms with van der Waals surface area (Å²) in [4.78, 5) is 10.3. The molecule has 3 aromatic rings. The summed E-state index contributed by atoms with van der Waals surface area (Å²) in [5.41, 5.74) is 3.84. The Morgan fingerprint density at radius 3 is 2.53 bits per heavy atom. The van der Waals surface area contributed by atoms with E-state index >= 15 is 0 Å². The zero-order chi connectivity index (χ0) is 21.9. The predicted molar refractivity (Wildman–Crippen MR) is 107 cm³/mol. The number of aryl methyl sites for hydroxylation is 1. The number of nitro benzene ring substituents is 1. The van der Waals surface area contributed by atoms with E-state index in [4.69, 9.17) is 0 Å². The molecule has 0 bridgehead atoms. The first-order chi connectivity index (χ1) is 14.2. The molecule has 1 heterocycles. The van der Waals surface area contributed by atoms with Crippen molar-refractivity contribution in [1.82, 2.24) is 9.78 Å². The molecule has 0 atom stereocenters. The molecule has 0 saturated heterocycles. The molecule has 0 spiro atoms. The monoisotopic (exact) mass is 417 g/mol. The number of alkyl halides is 3. The minimum atomic E-state index is -4.67. The average Bonchev–Trinajstić information content (AvgIpc) is 2.95. The molecule has 7 nitrogen and oxygen atoms in total. The number of hydrazone groups is 1. The highest BCUT2D eigenvalue weighted by molar-refractivity contribution is 5.83. The normalized spacial score (nSPS) is 11.8. The van der Waals surface area contributed by atoms with Gasteiger partial charge in [-0.05, 0) is 31.5 Å². The van der Waals surface area contributed by atoms with Crippen molar-refractivity contribution in [2.24, 2.45) is 5.10 Å². The van der Waals surface area contributed by atoms with Gasteiger partial charge in [0.05, 0.1) is 28.9 Å². The molecule has 0 aliphatic carbocycles. The largest absolute Gasteiger partial charge is 0.416 e. The van der Waals surface area contributed by atoms with E-state index in [-0.39, 0.29) is 5.69 Å². The van der Waals surface area contributed by atoms with Gasteiger partial charge in [-0.3, -0.25) is 20.2 Å². The number of nitrogens with zero attached hydrogens (tertiary/aromatic N) is 4. The first kappa shape index (κ1) is 21.0. The lowest BCUT2D eigenvalue weighted by atomic mass is 10.1. The Bertz CT molecular complexity index is 1090. The van der Waals surface area contributed by atoms with Crippen LogP contribution >= 0.6 is 0 Å². The van der Waals surface area contributed by atoms with Crippen LogP contribution in [0.25, 0.3) is 0 Å².